The number of carbonyl (C=O) groups is 3. The van der Waals surface area contributed by atoms with Gasteiger partial charge >= 0.3 is 6.03 Å². The highest BCUT2D eigenvalue weighted by atomic mass is 16.2. The van der Waals surface area contributed by atoms with Crippen LogP contribution in [0.2, 0.25) is 0 Å². The maximum Gasteiger partial charge on any atom is 0.335 e. The number of amides is 4. The summed E-state index contributed by atoms with van der Waals surface area (Å²) in [5.74, 6) is -1.34. The molecule has 34 heavy (non-hydrogen) atoms. The van der Waals surface area contributed by atoms with Crippen molar-refractivity contribution in [3.63, 3.8) is 0 Å². The first kappa shape index (κ1) is 21.4. The largest absolute Gasteiger partial charge is 0.342 e. The number of nitrogens with zero attached hydrogens (tertiary/aromatic N) is 2. The minimum absolute atomic E-state index is 0.0821. The molecule has 4 amide bonds. The second-order valence-electron chi connectivity index (χ2n) is 8.46. The summed E-state index contributed by atoms with van der Waals surface area (Å²) >= 11 is 0. The monoisotopic (exact) mass is 449 g/mol. The molecule has 0 atom stereocenters. The Labute approximate surface area is 197 Å². The summed E-state index contributed by atoms with van der Waals surface area (Å²) in [7, 11) is 0. The molecule has 1 N–H and O–H groups in total. The molecule has 0 spiro atoms. The van der Waals surface area contributed by atoms with Gasteiger partial charge in [0.25, 0.3) is 11.8 Å². The van der Waals surface area contributed by atoms with Crippen molar-refractivity contribution in [2.45, 2.75) is 20.4 Å². The number of rotatable bonds is 4. The van der Waals surface area contributed by atoms with E-state index in [1.165, 1.54) is 5.56 Å². The van der Waals surface area contributed by atoms with Crippen molar-refractivity contribution in [3.8, 4) is 0 Å². The number of aryl methyl sites for hydroxylation is 2. The van der Waals surface area contributed by atoms with Gasteiger partial charge in [0, 0.05) is 29.2 Å². The minimum Gasteiger partial charge on any atom is -0.342 e. The van der Waals surface area contributed by atoms with E-state index in [-0.39, 0.29) is 5.57 Å². The first-order chi connectivity index (χ1) is 16.4. The number of para-hydroxylation sites is 2. The Morgan fingerprint density at radius 1 is 0.882 bits per heavy atom. The number of barbiturate groups is 1. The Morgan fingerprint density at radius 2 is 1.65 bits per heavy atom. The van der Waals surface area contributed by atoms with Crippen LogP contribution in [0, 0.1) is 13.8 Å². The van der Waals surface area contributed by atoms with Gasteiger partial charge in [-0.05, 0) is 43.2 Å². The van der Waals surface area contributed by atoms with Crippen molar-refractivity contribution < 1.29 is 14.4 Å². The quantitative estimate of drug-likeness (QED) is 0.353. The Kier molecular flexibility index (Phi) is 5.34. The first-order valence-corrected chi connectivity index (χ1v) is 11.0. The van der Waals surface area contributed by atoms with E-state index in [0.29, 0.717) is 12.2 Å². The van der Waals surface area contributed by atoms with Gasteiger partial charge < -0.3 is 4.57 Å². The molecule has 4 aromatic rings. The zero-order valence-corrected chi connectivity index (χ0v) is 18.9. The Bertz CT molecular complexity index is 1500. The maximum atomic E-state index is 13.3. The van der Waals surface area contributed by atoms with Gasteiger partial charge in [-0.15, -0.1) is 0 Å². The molecular weight excluding hydrogens is 426 g/mol. The van der Waals surface area contributed by atoms with Crippen LogP contribution in [0.3, 0.4) is 0 Å². The molecule has 6 heteroatoms. The summed E-state index contributed by atoms with van der Waals surface area (Å²) in [6.45, 7) is 4.52. The number of aromatic nitrogens is 1. The lowest BCUT2D eigenvalue weighted by Gasteiger charge is -2.27. The summed E-state index contributed by atoms with van der Waals surface area (Å²) < 4.78 is 2.10. The lowest BCUT2D eigenvalue weighted by Crippen LogP contribution is -2.54. The van der Waals surface area contributed by atoms with Gasteiger partial charge in [0.2, 0.25) is 0 Å². The van der Waals surface area contributed by atoms with Gasteiger partial charge in [0.15, 0.2) is 0 Å². The van der Waals surface area contributed by atoms with Crippen LogP contribution in [0.1, 0.15) is 22.3 Å². The van der Waals surface area contributed by atoms with E-state index in [1.807, 2.05) is 55.6 Å². The number of fused-ring (bicyclic) bond motifs is 1. The molecule has 0 bridgehead atoms. The van der Waals surface area contributed by atoms with Crippen LogP contribution >= 0.6 is 0 Å². The molecule has 0 radical (unpaired) electrons. The van der Waals surface area contributed by atoms with E-state index in [2.05, 4.69) is 35.0 Å². The van der Waals surface area contributed by atoms with Crippen LogP contribution in [-0.2, 0) is 16.1 Å². The third-order valence-electron chi connectivity index (χ3n) is 6.01. The molecule has 0 aliphatic carbocycles. The molecule has 5 rings (SSSR count). The van der Waals surface area contributed by atoms with Gasteiger partial charge in [-0.2, -0.15) is 0 Å². The summed E-state index contributed by atoms with van der Waals surface area (Å²) in [5.41, 5.74) is 5.19. The van der Waals surface area contributed by atoms with E-state index in [0.717, 1.165) is 32.5 Å². The van der Waals surface area contributed by atoms with E-state index in [1.54, 1.807) is 18.2 Å². The van der Waals surface area contributed by atoms with Gasteiger partial charge in [-0.1, -0.05) is 66.2 Å². The zero-order chi connectivity index (χ0) is 23.8. The lowest BCUT2D eigenvalue weighted by atomic mass is 10.1. The zero-order valence-electron chi connectivity index (χ0n) is 18.9. The minimum atomic E-state index is -0.747. The fourth-order valence-corrected chi connectivity index (χ4v) is 4.37. The lowest BCUT2D eigenvalue weighted by molar-refractivity contribution is -0.122. The van der Waals surface area contributed by atoms with E-state index in [9.17, 15) is 14.4 Å². The molecule has 1 saturated heterocycles. The van der Waals surface area contributed by atoms with Crippen LogP contribution in [-0.4, -0.2) is 22.4 Å². The van der Waals surface area contributed by atoms with Crippen molar-refractivity contribution in [3.05, 3.63) is 107 Å². The van der Waals surface area contributed by atoms with E-state index >= 15 is 0 Å². The molecule has 0 saturated carbocycles. The van der Waals surface area contributed by atoms with Gasteiger partial charge in [0.1, 0.15) is 5.57 Å². The second-order valence-corrected chi connectivity index (χ2v) is 8.46. The van der Waals surface area contributed by atoms with Gasteiger partial charge in [-0.3, -0.25) is 14.9 Å². The molecule has 1 aliphatic rings. The maximum absolute atomic E-state index is 13.3. The number of carbonyl (C=O) groups excluding carboxylic acids is 3. The van der Waals surface area contributed by atoms with Crippen LogP contribution in [0.4, 0.5) is 10.5 Å². The molecule has 1 fully saturated rings. The first-order valence-electron chi connectivity index (χ1n) is 11.0. The average molecular weight is 450 g/mol. The van der Waals surface area contributed by atoms with Crippen LogP contribution in [0.15, 0.2) is 84.6 Å². The topological polar surface area (TPSA) is 71.4 Å². The molecule has 1 aromatic heterocycles. The normalized spacial score (nSPS) is 15.3. The summed E-state index contributed by atoms with van der Waals surface area (Å²) in [5, 5.41) is 3.23. The van der Waals surface area contributed by atoms with Gasteiger partial charge in [-0.25, -0.2) is 9.69 Å². The molecule has 6 nitrogen and oxygen atoms in total. The molecule has 168 valence electrons. The molecule has 3 aromatic carbocycles. The number of nitrogens with one attached hydrogen (secondary N) is 1. The average Bonchev–Trinajstić information content (AvgIpc) is 3.15. The van der Waals surface area contributed by atoms with Crippen molar-refractivity contribution in [1.82, 2.24) is 9.88 Å². The molecule has 2 heterocycles. The van der Waals surface area contributed by atoms with Crippen molar-refractivity contribution in [2.75, 3.05) is 4.90 Å². The Balaban J connectivity index is 1.58. The highest BCUT2D eigenvalue weighted by molar-refractivity contribution is 6.39. The third kappa shape index (κ3) is 3.79. The molecule has 0 unspecified atom stereocenters. The fraction of sp³-hybridized carbons (Fsp3) is 0.107. The van der Waals surface area contributed by atoms with E-state index in [4.69, 9.17) is 0 Å². The van der Waals surface area contributed by atoms with Crippen LogP contribution in [0.5, 0.6) is 0 Å². The van der Waals surface area contributed by atoms with Crippen LogP contribution < -0.4 is 10.2 Å². The number of anilines is 1. The summed E-state index contributed by atoms with van der Waals surface area (Å²) in [4.78, 5) is 39.6. The number of benzene rings is 3. The summed E-state index contributed by atoms with van der Waals surface area (Å²) in [6.07, 6.45) is 3.51. The van der Waals surface area contributed by atoms with Crippen molar-refractivity contribution in [1.29, 1.82) is 0 Å². The highest BCUT2D eigenvalue weighted by Gasteiger charge is 2.37. The molecule has 1 aliphatic heterocycles. The van der Waals surface area contributed by atoms with E-state index < -0.39 is 17.8 Å². The second kappa shape index (κ2) is 8.48. The third-order valence-corrected chi connectivity index (χ3v) is 6.01. The standard InChI is InChI=1S/C28H23N3O3/c1-18-8-7-10-20(14-18)16-30-17-21(22-11-4-6-13-25(22)30)15-23-26(32)29-28(34)31(27(23)33)24-12-5-3-9-19(24)2/h3-15,17H,16H2,1-2H3,(H,29,32,34)/b23-15+. The predicted octanol–water partition coefficient (Wildman–Crippen LogP) is 4.97. The fourth-order valence-electron chi connectivity index (χ4n) is 4.37. The number of urea groups is 1. The van der Waals surface area contributed by atoms with Gasteiger partial charge in [0.05, 0.1) is 5.69 Å². The predicted molar refractivity (Wildman–Crippen MR) is 132 cm³/mol. The number of hydrogen-bond acceptors (Lipinski definition) is 3. The van der Waals surface area contributed by atoms with Crippen LogP contribution in [0.25, 0.3) is 17.0 Å². The van der Waals surface area contributed by atoms with Crippen molar-refractivity contribution >= 4 is 40.5 Å². The number of imide groups is 2. The Hall–Kier alpha value is -4.45. The highest BCUT2D eigenvalue weighted by Crippen LogP contribution is 2.28. The van der Waals surface area contributed by atoms with Crippen molar-refractivity contribution in [2.24, 2.45) is 0 Å². The smallest absolute Gasteiger partial charge is 0.335 e. The molecular formula is C28H23N3O3. The summed E-state index contributed by atoms with van der Waals surface area (Å²) in [6, 6.07) is 22.5. The SMILES string of the molecule is Cc1cccc(Cn2cc(/C=C3\C(=O)NC(=O)N(c4ccccc4C)C3=O)c3ccccc32)c1. The number of hydrogen-bond donors (Lipinski definition) is 1. The Morgan fingerprint density at radius 3 is 2.44 bits per heavy atom.